The first kappa shape index (κ1) is 15.3. The maximum Gasteiger partial charge on any atom is 0.0129 e. The Morgan fingerprint density at radius 3 is 1.87 bits per heavy atom. The van der Waals surface area contributed by atoms with Crippen molar-refractivity contribution in [2.75, 3.05) is 5.75 Å². The second-order valence-electron chi connectivity index (χ2n) is 5.67. The average molecular weight is 230 g/mol. The quantitative estimate of drug-likeness (QED) is 0.529. The lowest BCUT2D eigenvalue weighted by atomic mass is 9.87. The van der Waals surface area contributed by atoms with Gasteiger partial charge in [0.2, 0.25) is 0 Å². The van der Waals surface area contributed by atoms with Crippen molar-refractivity contribution in [2.24, 2.45) is 5.41 Å². The summed E-state index contributed by atoms with van der Waals surface area (Å²) in [4.78, 5) is 0. The zero-order valence-electron chi connectivity index (χ0n) is 11.7. The predicted molar refractivity (Wildman–Crippen MR) is 74.8 cm³/mol. The molecule has 1 heteroatoms. The predicted octanol–water partition coefficient (Wildman–Crippen LogP) is 5.51. The Bertz CT molecular complexity index is 163. The highest BCUT2D eigenvalue weighted by molar-refractivity contribution is 8.00. The van der Waals surface area contributed by atoms with Crippen LogP contribution in [-0.4, -0.2) is 10.5 Å². The summed E-state index contributed by atoms with van der Waals surface area (Å²) in [5.41, 5.74) is 0.536. The molecule has 92 valence electrons. The van der Waals surface area contributed by atoms with Crippen molar-refractivity contribution in [3.8, 4) is 0 Å². The lowest BCUT2D eigenvalue weighted by Crippen LogP contribution is -2.20. The maximum absolute atomic E-state index is 2.43. The van der Waals surface area contributed by atoms with Gasteiger partial charge in [0.15, 0.2) is 0 Å². The average Bonchev–Trinajstić information content (AvgIpc) is 2.18. The summed E-state index contributed by atoms with van der Waals surface area (Å²) >= 11 is 2.19. The van der Waals surface area contributed by atoms with E-state index in [2.05, 4.69) is 53.3 Å². The fraction of sp³-hybridized carbons (Fsp3) is 1.00. The van der Waals surface area contributed by atoms with Crippen LogP contribution < -0.4 is 0 Å². The molecule has 0 aromatic heterocycles. The molecule has 0 N–H and O–H groups in total. The first-order valence-electron chi connectivity index (χ1n) is 6.53. The molecule has 0 bridgehead atoms. The zero-order chi connectivity index (χ0) is 11.9. The van der Waals surface area contributed by atoms with Gasteiger partial charge in [-0.1, -0.05) is 54.4 Å². The van der Waals surface area contributed by atoms with Gasteiger partial charge in [0.05, 0.1) is 0 Å². The van der Waals surface area contributed by atoms with Crippen molar-refractivity contribution in [3.63, 3.8) is 0 Å². The second kappa shape index (κ2) is 6.83. The van der Waals surface area contributed by atoms with Gasteiger partial charge in [0.25, 0.3) is 0 Å². The van der Waals surface area contributed by atoms with Crippen LogP contribution in [0.5, 0.6) is 0 Å². The summed E-state index contributed by atoms with van der Waals surface area (Å²) in [5, 5.41) is 0. The van der Waals surface area contributed by atoms with Crippen molar-refractivity contribution < 1.29 is 0 Å². The summed E-state index contributed by atoms with van der Waals surface area (Å²) in [6.45, 7) is 14.1. The van der Waals surface area contributed by atoms with Crippen LogP contribution in [-0.2, 0) is 0 Å². The molecule has 0 unspecified atom stereocenters. The topological polar surface area (TPSA) is 0 Å². The summed E-state index contributed by atoms with van der Waals surface area (Å²) in [5.74, 6) is 1.32. The minimum absolute atomic E-state index is 0.526. The van der Waals surface area contributed by atoms with E-state index in [1.54, 1.807) is 0 Å². The summed E-state index contributed by atoms with van der Waals surface area (Å²) in [7, 11) is 0. The van der Waals surface area contributed by atoms with Crippen LogP contribution in [0.3, 0.4) is 0 Å². The molecule has 0 aromatic carbocycles. The lowest BCUT2D eigenvalue weighted by molar-refractivity contribution is 0.340. The number of hydrogen-bond acceptors (Lipinski definition) is 1. The fourth-order valence-corrected chi connectivity index (χ4v) is 3.33. The standard InChI is InChI=1S/C14H30S/c1-7-10-14(6,9-3)15-12-11-13(4,5)8-2/h7-12H2,1-6H3/t14-/m1/s1. The normalized spacial score (nSPS) is 16.4. The molecule has 0 nitrogen and oxygen atoms in total. The van der Waals surface area contributed by atoms with Gasteiger partial charge in [-0.25, -0.2) is 0 Å². The Morgan fingerprint density at radius 2 is 1.47 bits per heavy atom. The second-order valence-corrected chi connectivity index (χ2v) is 7.35. The Labute approximate surface area is 102 Å². The molecule has 0 amide bonds. The van der Waals surface area contributed by atoms with Gasteiger partial charge in [-0.05, 0) is 30.4 Å². The van der Waals surface area contributed by atoms with Gasteiger partial charge < -0.3 is 0 Å². The first-order chi connectivity index (χ1) is 6.89. The smallest absolute Gasteiger partial charge is 0.0129 e. The molecule has 0 heterocycles. The van der Waals surface area contributed by atoms with Gasteiger partial charge >= 0.3 is 0 Å². The molecule has 1 atom stereocenters. The van der Waals surface area contributed by atoms with E-state index in [1.165, 1.54) is 37.9 Å². The minimum atomic E-state index is 0.526. The maximum atomic E-state index is 2.43. The molecular formula is C14H30S. The molecule has 0 radical (unpaired) electrons. The van der Waals surface area contributed by atoms with E-state index in [-0.39, 0.29) is 0 Å². The Kier molecular flexibility index (Phi) is 6.99. The van der Waals surface area contributed by atoms with Crippen LogP contribution in [0.4, 0.5) is 0 Å². The third-order valence-corrected chi connectivity index (χ3v) is 5.31. The van der Waals surface area contributed by atoms with Crippen molar-refractivity contribution in [3.05, 3.63) is 0 Å². The molecule has 0 saturated carbocycles. The van der Waals surface area contributed by atoms with Gasteiger partial charge in [0, 0.05) is 4.75 Å². The molecule has 15 heavy (non-hydrogen) atoms. The minimum Gasteiger partial charge on any atom is -0.155 e. The Hall–Kier alpha value is 0.350. The molecular weight excluding hydrogens is 200 g/mol. The molecule has 0 aliphatic rings. The van der Waals surface area contributed by atoms with E-state index >= 15 is 0 Å². The van der Waals surface area contributed by atoms with Crippen LogP contribution in [0, 0.1) is 5.41 Å². The summed E-state index contributed by atoms with van der Waals surface area (Å²) in [6.07, 6.45) is 6.63. The van der Waals surface area contributed by atoms with Crippen LogP contribution >= 0.6 is 11.8 Å². The number of thioether (sulfide) groups is 1. The fourth-order valence-electron chi connectivity index (χ4n) is 1.63. The molecule has 0 aromatic rings. The van der Waals surface area contributed by atoms with E-state index in [0.717, 1.165) is 0 Å². The molecule has 0 spiro atoms. The number of rotatable bonds is 8. The van der Waals surface area contributed by atoms with Gasteiger partial charge in [-0.15, -0.1) is 0 Å². The molecule has 0 aliphatic carbocycles. The van der Waals surface area contributed by atoms with Crippen molar-refractivity contribution in [1.82, 2.24) is 0 Å². The third-order valence-electron chi connectivity index (χ3n) is 3.71. The highest BCUT2D eigenvalue weighted by Crippen LogP contribution is 2.36. The summed E-state index contributed by atoms with van der Waals surface area (Å²) < 4.78 is 0.526. The van der Waals surface area contributed by atoms with Crippen molar-refractivity contribution >= 4 is 11.8 Å². The largest absolute Gasteiger partial charge is 0.155 e. The first-order valence-corrected chi connectivity index (χ1v) is 7.51. The van der Waals surface area contributed by atoms with Crippen molar-refractivity contribution in [2.45, 2.75) is 78.4 Å². The molecule has 0 fully saturated rings. The van der Waals surface area contributed by atoms with Gasteiger partial charge in [-0.2, -0.15) is 11.8 Å². The van der Waals surface area contributed by atoms with Crippen LogP contribution in [0.25, 0.3) is 0 Å². The van der Waals surface area contributed by atoms with E-state index < -0.39 is 0 Å². The highest BCUT2D eigenvalue weighted by atomic mass is 32.2. The molecule has 0 aliphatic heterocycles. The Balaban J connectivity index is 3.91. The van der Waals surface area contributed by atoms with Crippen LogP contribution in [0.2, 0.25) is 0 Å². The van der Waals surface area contributed by atoms with Crippen molar-refractivity contribution in [1.29, 1.82) is 0 Å². The SMILES string of the molecule is CCC[C@@](C)(CC)SCCC(C)(C)CC. The molecule has 0 saturated heterocycles. The molecule has 0 rings (SSSR count). The van der Waals surface area contributed by atoms with E-state index in [9.17, 15) is 0 Å². The van der Waals surface area contributed by atoms with E-state index in [1.807, 2.05) is 0 Å². The summed E-state index contributed by atoms with van der Waals surface area (Å²) in [6, 6.07) is 0. The third kappa shape index (κ3) is 6.50. The lowest BCUT2D eigenvalue weighted by Gasteiger charge is -2.30. The van der Waals surface area contributed by atoms with Crippen LogP contribution in [0.15, 0.2) is 0 Å². The zero-order valence-corrected chi connectivity index (χ0v) is 12.5. The van der Waals surface area contributed by atoms with E-state index in [0.29, 0.717) is 10.2 Å². The van der Waals surface area contributed by atoms with Gasteiger partial charge in [0.1, 0.15) is 0 Å². The number of hydrogen-bond donors (Lipinski definition) is 0. The highest BCUT2D eigenvalue weighted by Gasteiger charge is 2.23. The van der Waals surface area contributed by atoms with Gasteiger partial charge in [-0.3, -0.25) is 0 Å². The Morgan fingerprint density at radius 1 is 0.867 bits per heavy atom. The van der Waals surface area contributed by atoms with Crippen LogP contribution in [0.1, 0.15) is 73.6 Å². The van der Waals surface area contributed by atoms with E-state index in [4.69, 9.17) is 0 Å². The monoisotopic (exact) mass is 230 g/mol.